The summed E-state index contributed by atoms with van der Waals surface area (Å²) in [6.07, 6.45) is 0.594. The van der Waals surface area contributed by atoms with Crippen LogP contribution in [0, 0.1) is 6.92 Å². The molecule has 0 saturated heterocycles. The Hall–Kier alpha value is -3.08. The number of methoxy groups -OCH3 is 1. The Morgan fingerprint density at radius 1 is 1.18 bits per heavy atom. The lowest BCUT2D eigenvalue weighted by molar-refractivity contribution is -0.121. The Morgan fingerprint density at radius 3 is 2.64 bits per heavy atom. The van der Waals surface area contributed by atoms with Crippen molar-refractivity contribution in [2.24, 2.45) is 0 Å². The molecule has 0 spiro atoms. The third-order valence-corrected chi connectivity index (χ3v) is 5.07. The molecule has 0 aliphatic carbocycles. The van der Waals surface area contributed by atoms with Gasteiger partial charge in [-0.3, -0.25) is 4.79 Å². The van der Waals surface area contributed by atoms with Crippen molar-refractivity contribution in [1.29, 1.82) is 0 Å². The van der Waals surface area contributed by atoms with Gasteiger partial charge in [0.15, 0.2) is 0 Å². The second-order valence-corrected chi connectivity index (χ2v) is 6.97. The van der Waals surface area contributed by atoms with Crippen LogP contribution < -0.4 is 15.7 Å². The van der Waals surface area contributed by atoms with Gasteiger partial charge in [0.1, 0.15) is 11.3 Å². The molecule has 146 valence electrons. The van der Waals surface area contributed by atoms with Crippen LogP contribution in [0.25, 0.3) is 11.0 Å². The van der Waals surface area contributed by atoms with Gasteiger partial charge in [-0.1, -0.05) is 37.3 Å². The van der Waals surface area contributed by atoms with Crippen LogP contribution in [-0.2, 0) is 11.2 Å². The first-order valence-corrected chi connectivity index (χ1v) is 9.41. The molecule has 0 unspecified atom stereocenters. The quantitative estimate of drug-likeness (QED) is 0.631. The molecular formula is C23H25NO4. The van der Waals surface area contributed by atoms with Crippen molar-refractivity contribution in [2.75, 3.05) is 13.7 Å². The molecule has 0 fully saturated rings. The number of amides is 1. The van der Waals surface area contributed by atoms with Crippen molar-refractivity contribution in [2.45, 2.75) is 32.6 Å². The van der Waals surface area contributed by atoms with E-state index < -0.39 is 5.63 Å². The molecule has 28 heavy (non-hydrogen) atoms. The number of carbonyl (C=O) groups is 1. The molecule has 0 bridgehead atoms. The molecule has 3 aromatic rings. The zero-order valence-corrected chi connectivity index (χ0v) is 16.5. The van der Waals surface area contributed by atoms with E-state index in [2.05, 4.69) is 24.4 Å². The molecule has 1 N–H and O–H groups in total. The fraction of sp³-hybridized carbons (Fsp3) is 0.304. The Kier molecular flexibility index (Phi) is 6.14. The molecule has 0 radical (unpaired) electrons. The number of rotatable bonds is 7. The number of benzene rings is 2. The zero-order chi connectivity index (χ0) is 20.1. The van der Waals surface area contributed by atoms with Gasteiger partial charge in [-0.15, -0.1) is 0 Å². The highest BCUT2D eigenvalue weighted by Gasteiger charge is 2.14. The Bertz CT molecular complexity index is 1020. The number of carbonyl (C=O) groups excluding carboxylic acids is 1. The van der Waals surface area contributed by atoms with E-state index in [9.17, 15) is 9.59 Å². The van der Waals surface area contributed by atoms with Crippen LogP contribution in [0.15, 0.2) is 57.7 Å². The van der Waals surface area contributed by atoms with Crippen LogP contribution in [-0.4, -0.2) is 19.6 Å². The highest BCUT2D eigenvalue weighted by molar-refractivity contribution is 5.82. The SMILES string of the molecule is COc1ccc2c(C)c(CCC(=O)NC[C@H](C)c3ccccc3)c(=O)oc2c1. The molecule has 5 nitrogen and oxygen atoms in total. The van der Waals surface area contributed by atoms with Crippen molar-refractivity contribution in [1.82, 2.24) is 5.32 Å². The first-order chi connectivity index (χ1) is 13.5. The minimum atomic E-state index is -0.399. The van der Waals surface area contributed by atoms with Crippen LogP contribution in [0.5, 0.6) is 5.75 Å². The zero-order valence-electron chi connectivity index (χ0n) is 16.5. The fourth-order valence-corrected chi connectivity index (χ4v) is 3.28. The average Bonchev–Trinajstić information content (AvgIpc) is 2.71. The fourth-order valence-electron chi connectivity index (χ4n) is 3.28. The Morgan fingerprint density at radius 2 is 1.93 bits per heavy atom. The number of aryl methyl sites for hydroxylation is 1. The van der Waals surface area contributed by atoms with Gasteiger partial charge in [-0.05, 0) is 42.5 Å². The summed E-state index contributed by atoms with van der Waals surface area (Å²) in [7, 11) is 1.57. The topological polar surface area (TPSA) is 68.5 Å². The maximum Gasteiger partial charge on any atom is 0.339 e. The van der Waals surface area contributed by atoms with Gasteiger partial charge in [0, 0.05) is 30.0 Å². The van der Waals surface area contributed by atoms with Crippen LogP contribution in [0.4, 0.5) is 0 Å². The van der Waals surface area contributed by atoms with Crippen molar-refractivity contribution in [3.05, 3.63) is 75.6 Å². The molecule has 1 atom stereocenters. The number of ether oxygens (including phenoxy) is 1. The molecule has 5 heteroatoms. The van der Waals surface area contributed by atoms with Crippen LogP contribution in [0.1, 0.15) is 36.0 Å². The van der Waals surface area contributed by atoms with Crippen molar-refractivity contribution in [3.8, 4) is 5.75 Å². The average molecular weight is 379 g/mol. The van der Waals surface area contributed by atoms with Crippen LogP contribution in [0.3, 0.4) is 0 Å². The van der Waals surface area contributed by atoms with E-state index in [1.807, 2.05) is 37.3 Å². The second-order valence-electron chi connectivity index (χ2n) is 6.97. The normalized spacial score (nSPS) is 12.0. The van der Waals surface area contributed by atoms with E-state index >= 15 is 0 Å². The summed E-state index contributed by atoms with van der Waals surface area (Å²) < 4.78 is 10.6. The first-order valence-electron chi connectivity index (χ1n) is 9.41. The molecule has 0 aliphatic heterocycles. The van der Waals surface area contributed by atoms with Gasteiger partial charge in [-0.2, -0.15) is 0 Å². The minimum absolute atomic E-state index is 0.0728. The summed E-state index contributed by atoms with van der Waals surface area (Å²) in [5.41, 5.74) is 2.67. The summed E-state index contributed by atoms with van der Waals surface area (Å²) in [4.78, 5) is 24.6. The van der Waals surface area contributed by atoms with E-state index in [1.54, 1.807) is 13.2 Å². The molecule has 2 aromatic carbocycles. The standard InChI is InChI=1S/C23H25NO4/c1-15(17-7-5-4-6-8-17)14-24-22(25)12-11-20-16(2)19-10-9-18(27-3)13-21(19)28-23(20)26/h4-10,13,15H,11-12,14H2,1-3H3,(H,24,25)/t15-/m0/s1. The third-order valence-electron chi connectivity index (χ3n) is 5.07. The maximum atomic E-state index is 12.4. The summed E-state index contributed by atoms with van der Waals surface area (Å²) in [5.74, 6) is 0.790. The van der Waals surface area contributed by atoms with Gasteiger partial charge in [-0.25, -0.2) is 4.79 Å². The van der Waals surface area contributed by atoms with Gasteiger partial charge >= 0.3 is 5.63 Å². The summed E-state index contributed by atoms with van der Waals surface area (Å²) in [5, 5.41) is 3.81. The van der Waals surface area contributed by atoms with E-state index in [1.165, 1.54) is 5.56 Å². The van der Waals surface area contributed by atoms with E-state index in [0.717, 1.165) is 10.9 Å². The Labute approximate surface area is 164 Å². The minimum Gasteiger partial charge on any atom is -0.497 e. The molecule has 1 aromatic heterocycles. The number of hydrogen-bond acceptors (Lipinski definition) is 4. The molecule has 0 aliphatic rings. The maximum absolute atomic E-state index is 12.4. The summed E-state index contributed by atoms with van der Waals surface area (Å²) in [6, 6.07) is 15.5. The van der Waals surface area contributed by atoms with Crippen molar-refractivity contribution >= 4 is 16.9 Å². The number of fused-ring (bicyclic) bond motifs is 1. The lowest BCUT2D eigenvalue weighted by Crippen LogP contribution is -2.28. The molecule has 1 heterocycles. The highest BCUT2D eigenvalue weighted by Crippen LogP contribution is 2.24. The molecule has 1 amide bonds. The molecule has 0 saturated carbocycles. The highest BCUT2D eigenvalue weighted by atomic mass is 16.5. The van der Waals surface area contributed by atoms with Crippen molar-refractivity contribution in [3.63, 3.8) is 0 Å². The molecule has 3 rings (SSSR count). The largest absolute Gasteiger partial charge is 0.497 e. The number of hydrogen-bond donors (Lipinski definition) is 1. The predicted molar refractivity (Wildman–Crippen MR) is 110 cm³/mol. The van der Waals surface area contributed by atoms with Crippen LogP contribution in [0.2, 0.25) is 0 Å². The lowest BCUT2D eigenvalue weighted by Gasteiger charge is -2.13. The van der Waals surface area contributed by atoms with E-state index in [4.69, 9.17) is 9.15 Å². The molecular weight excluding hydrogens is 354 g/mol. The first kappa shape index (κ1) is 19.7. The van der Waals surface area contributed by atoms with Gasteiger partial charge < -0.3 is 14.5 Å². The van der Waals surface area contributed by atoms with Gasteiger partial charge in [0.25, 0.3) is 0 Å². The lowest BCUT2D eigenvalue weighted by atomic mass is 10.0. The van der Waals surface area contributed by atoms with E-state index in [0.29, 0.717) is 29.9 Å². The predicted octanol–water partition coefficient (Wildman–Crippen LogP) is 3.96. The third kappa shape index (κ3) is 4.42. The monoisotopic (exact) mass is 379 g/mol. The smallest absolute Gasteiger partial charge is 0.339 e. The van der Waals surface area contributed by atoms with E-state index in [-0.39, 0.29) is 18.2 Å². The second kappa shape index (κ2) is 8.74. The number of nitrogens with one attached hydrogen (secondary N) is 1. The van der Waals surface area contributed by atoms with Gasteiger partial charge in [0.05, 0.1) is 7.11 Å². The van der Waals surface area contributed by atoms with Crippen molar-refractivity contribution < 1.29 is 13.9 Å². The van der Waals surface area contributed by atoms with Crippen LogP contribution >= 0.6 is 0 Å². The summed E-state index contributed by atoms with van der Waals surface area (Å²) >= 11 is 0. The van der Waals surface area contributed by atoms with Gasteiger partial charge in [0.2, 0.25) is 5.91 Å². The Balaban J connectivity index is 1.64. The summed E-state index contributed by atoms with van der Waals surface area (Å²) in [6.45, 7) is 4.52.